The Kier molecular flexibility index (Phi) is 19.3. The molecule has 20 nitrogen and oxygen atoms in total. The van der Waals surface area contributed by atoms with Gasteiger partial charge in [-0.15, -0.1) is 11.3 Å². The Morgan fingerprint density at radius 3 is 2.31 bits per heavy atom. The molecule has 24 heteroatoms. The summed E-state index contributed by atoms with van der Waals surface area (Å²) in [6.07, 6.45) is -1.04. The van der Waals surface area contributed by atoms with Gasteiger partial charge >= 0.3 is 14.7 Å². The molecular formula is C60H63F2N8O12PS. The second-order valence-corrected chi connectivity index (χ2v) is 23.0. The molecule has 1 aromatic heterocycles. The highest BCUT2D eigenvalue weighted by Gasteiger charge is 2.47. The summed E-state index contributed by atoms with van der Waals surface area (Å²) in [4.78, 5) is 147. The van der Waals surface area contributed by atoms with Gasteiger partial charge in [0.05, 0.1) is 16.5 Å². The van der Waals surface area contributed by atoms with E-state index < -0.39 is 92.0 Å². The van der Waals surface area contributed by atoms with E-state index in [9.17, 15) is 47.1 Å². The SMILES string of the molecule is CN(C(=O)[C@H](CCC(N)=O)NC(=O)[C@@H]1CC[C@@H]2CCN(C(=O)CCCCCC#Cc3cccc4c3CN(C3CCC(=O)NC3=O)C4=O)C[C@H](NC(=O)c3cc4cc(C(F)(F)OP(O)O)ccc4s3)C(=O)N21)C(c1ccccc1)c1ccccc1. The van der Waals surface area contributed by atoms with Crippen LogP contribution in [0.15, 0.2) is 103 Å². The van der Waals surface area contributed by atoms with Crippen molar-refractivity contribution in [3.05, 3.63) is 141 Å². The molecule has 4 aromatic carbocycles. The third-order valence-corrected chi connectivity index (χ3v) is 17.2. The number of thiophene rings is 1. The summed E-state index contributed by atoms with van der Waals surface area (Å²) in [5.41, 5.74) is 8.28. The van der Waals surface area contributed by atoms with E-state index in [4.69, 9.17) is 15.5 Å². The molecule has 440 valence electrons. The van der Waals surface area contributed by atoms with Crippen molar-refractivity contribution >= 4 is 83.2 Å². The summed E-state index contributed by atoms with van der Waals surface area (Å²) in [6.45, 7) is 0.0559. The molecule has 4 aliphatic heterocycles. The first-order valence-corrected chi connectivity index (χ1v) is 29.7. The lowest BCUT2D eigenvalue weighted by Gasteiger charge is -2.39. The molecule has 1 unspecified atom stereocenters. The van der Waals surface area contributed by atoms with Gasteiger partial charge in [0.2, 0.25) is 41.4 Å². The number of carbonyl (C=O) groups excluding carboxylic acids is 9. The highest BCUT2D eigenvalue weighted by atomic mass is 32.1. The molecule has 3 saturated heterocycles. The van der Waals surface area contributed by atoms with Crippen LogP contribution in [0, 0.1) is 11.8 Å². The Morgan fingerprint density at radius 1 is 0.893 bits per heavy atom. The molecule has 9 rings (SSSR count). The van der Waals surface area contributed by atoms with E-state index in [-0.39, 0.29) is 92.6 Å². The summed E-state index contributed by atoms with van der Waals surface area (Å²) < 4.78 is 34.0. The van der Waals surface area contributed by atoms with Crippen molar-refractivity contribution < 1.29 is 66.2 Å². The van der Waals surface area contributed by atoms with Crippen molar-refractivity contribution in [2.45, 2.75) is 126 Å². The van der Waals surface area contributed by atoms with Crippen LogP contribution in [-0.4, -0.2) is 133 Å². The van der Waals surface area contributed by atoms with E-state index >= 15 is 4.79 Å². The average molecular weight is 1190 g/mol. The van der Waals surface area contributed by atoms with Crippen molar-refractivity contribution in [2.75, 3.05) is 20.1 Å². The molecule has 4 aliphatic rings. The maximum Gasteiger partial charge on any atom is 0.389 e. The lowest BCUT2D eigenvalue weighted by atomic mass is 9.96. The number of carbonyl (C=O) groups is 9. The second kappa shape index (κ2) is 26.7. The van der Waals surface area contributed by atoms with Gasteiger partial charge < -0.3 is 45.8 Å². The number of imide groups is 1. The minimum atomic E-state index is -4.07. The Morgan fingerprint density at radius 2 is 1.62 bits per heavy atom. The molecular weight excluding hydrogens is 1130 g/mol. The Labute approximate surface area is 488 Å². The first-order chi connectivity index (χ1) is 40.3. The van der Waals surface area contributed by atoms with E-state index in [1.807, 2.05) is 66.7 Å². The molecule has 7 N–H and O–H groups in total. The van der Waals surface area contributed by atoms with Crippen molar-refractivity contribution in [3.63, 3.8) is 0 Å². The Hall–Kier alpha value is -8.00. The predicted molar refractivity (Wildman–Crippen MR) is 305 cm³/mol. The van der Waals surface area contributed by atoms with Gasteiger partial charge in [0, 0.05) is 74.2 Å². The van der Waals surface area contributed by atoms with Gasteiger partial charge in [-0.1, -0.05) is 85.0 Å². The smallest absolute Gasteiger partial charge is 0.370 e. The number of rotatable bonds is 20. The molecule has 0 bridgehead atoms. The zero-order chi connectivity index (χ0) is 59.8. The molecule has 0 radical (unpaired) electrons. The van der Waals surface area contributed by atoms with Crippen molar-refractivity contribution in [1.82, 2.24) is 35.6 Å². The van der Waals surface area contributed by atoms with Crippen LogP contribution in [0.25, 0.3) is 10.1 Å². The van der Waals surface area contributed by atoms with Gasteiger partial charge in [0.1, 0.15) is 24.2 Å². The van der Waals surface area contributed by atoms with Crippen LogP contribution >= 0.6 is 19.9 Å². The number of nitrogens with one attached hydrogen (secondary N) is 3. The summed E-state index contributed by atoms with van der Waals surface area (Å²) in [5, 5.41) is 8.13. The van der Waals surface area contributed by atoms with Crippen molar-refractivity contribution in [2.24, 2.45) is 5.73 Å². The molecule has 0 saturated carbocycles. The number of nitrogens with zero attached hydrogens (tertiary/aromatic N) is 4. The first-order valence-electron chi connectivity index (χ1n) is 27.7. The Balaban J connectivity index is 0.893. The minimum absolute atomic E-state index is 0.0182. The maximum atomic E-state index is 15.1. The molecule has 5 heterocycles. The monoisotopic (exact) mass is 1190 g/mol. The largest absolute Gasteiger partial charge is 0.389 e. The number of nitrogens with two attached hydrogens (primary N) is 1. The molecule has 84 heavy (non-hydrogen) atoms. The van der Waals surface area contributed by atoms with Crippen LogP contribution in [0.3, 0.4) is 0 Å². The highest BCUT2D eigenvalue weighted by molar-refractivity contribution is 7.39. The highest BCUT2D eigenvalue weighted by Crippen LogP contribution is 2.43. The van der Waals surface area contributed by atoms with E-state index in [0.717, 1.165) is 34.6 Å². The van der Waals surface area contributed by atoms with Gasteiger partial charge in [-0.25, -0.2) is 4.52 Å². The number of amides is 9. The number of unbranched alkanes of at least 4 members (excludes halogenated alkanes) is 3. The van der Waals surface area contributed by atoms with Gasteiger partial charge in [-0.05, 0) is 103 Å². The normalized spacial score (nSPS) is 19.2. The van der Waals surface area contributed by atoms with Crippen LogP contribution in [0.5, 0.6) is 0 Å². The minimum Gasteiger partial charge on any atom is -0.370 e. The number of primary amides is 1. The number of hydrogen-bond acceptors (Lipinski definition) is 13. The van der Waals surface area contributed by atoms with E-state index in [1.54, 1.807) is 19.2 Å². The number of alkyl halides is 2. The van der Waals surface area contributed by atoms with Crippen molar-refractivity contribution in [1.29, 1.82) is 0 Å². The van der Waals surface area contributed by atoms with E-state index in [0.29, 0.717) is 53.5 Å². The average Bonchev–Trinajstić information content (AvgIpc) is 3.84. The molecule has 5 aromatic rings. The molecule has 0 aliphatic carbocycles. The summed E-state index contributed by atoms with van der Waals surface area (Å²) >= 11 is 0.937. The lowest BCUT2D eigenvalue weighted by Crippen LogP contribution is -2.62. The third kappa shape index (κ3) is 14.0. The van der Waals surface area contributed by atoms with Gasteiger partial charge in [0.25, 0.3) is 11.8 Å². The zero-order valence-electron chi connectivity index (χ0n) is 45.8. The number of halogens is 2. The second-order valence-electron chi connectivity index (χ2n) is 21.2. The van der Waals surface area contributed by atoms with Crippen LogP contribution in [-0.2, 0) is 50.7 Å². The number of piperidine rings is 1. The maximum absolute atomic E-state index is 15.1. The number of benzene rings is 4. The summed E-state index contributed by atoms with van der Waals surface area (Å²) in [7, 11) is -1.81. The lowest BCUT2D eigenvalue weighted by molar-refractivity contribution is -0.189. The zero-order valence-corrected chi connectivity index (χ0v) is 47.6. The fraction of sp³-hybridized carbons (Fsp3) is 0.383. The summed E-state index contributed by atoms with van der Waals surface area (Å²) in [5.74, 6) is 1.55. The first kappa shape index (κ1) is 60.6. The topological polar surface area (TPSA) is 278 Å². The Bertz CT molecular complexity index is 3380. The fourth-order valence-electron chi connectivity index (χ4n) is 11.5. The summed E-state index contributed by atoms with van der Waals surface area (Å²) in [6, 6.07) is 22.8. The van der Waals surface area contributed by atoms with E-state index in [1.165, 1.54) is 31.7 Å². The van der Waals surface area contributed by atoms with Crippen LogP contribution in [0.4, 0.5) is 8.78 Å². The van der Waals surface area contributed by atoms with Crippen LogP contribution in [0.1, 0.15) is 131 Å². The van der Waals surface area contributed by atoms with E-state index in [2.05, 4.69) is 32.3 Å². The van der Waals surface area contributed by atoms with Gasteiger partial charge in [-0.2, -0.15) is 8.78 Å². The molecule has 3 fully saturated rings. The van der Waals surface area contributed by atoms with Crippen LogP contribution in [0.2, 0.25) is 0 Å². The van der Waals surface area contributed by atoms with Crippen molar-refractivity contribution in [3.8, 4) is 11.8 Å². The number of hydrogen-bond donors (Lipinski definition) is 6. The molecule has 0 spiro atoms. The van der Waals surface area contributed by atoms with Gasteiger partial charge in [0.15, 0.2) is 0 Å². The van der Waals surface area contributed by atoms with Crippen LogP contribution < -0.4 is 21.7 Å². The number of likely N-dealkylation sites (N-methyl/N-ethyl adjacent to an activating group) is 1. The molecule has 9 amide bonds. The van der Waals surface area contributed by atoms with Gasteiger partial charge in [-0.3, -0.25) is 48.5 Å². The quantitative estimate of drug-likeness (QED) is 0.0240. The predicted octanol–water partition coefficient (Wildman–Crippen LogP) is 5.63. The number of fused-ring (bicyclic) bond motifs is 3. The fourth-order valence-corrected chi connectivity index (χ4v) is 12.7. The standard InChI is InChI=1S/C60H63F2N8O12PS/c1-67(53(37-15-8-5-9-16-37)38-17-10-6-11-18-38)58(78)44(24-28-50(63)71)64-55(75)47-25-23-41-30-31-68(35-45(59(79)70(41)47)65-56(76)49-33-39-32-40(22-27-48(39)84-49)60(61,62)82-83(80)81)52(73)21-12-4-2-3-7-14-36-19-13-20-42-43(36)34-69(57(42)77)46-26-29-51(72)66-54(46)74/h5-6,8-11,13,15-20,22,27,32-33,41,44-47,53,80-81H,2-4,12,21,23-26,28-31,34-35H2,1H3,(H2,63,71)(H,64,75)(H,65,76)(H,66,72,74)/t41-,44+,45+,46?,47+/m1/s1. The molecule has 5 atom stereocenters. The third-order valence-electron chi connectivity index (χ3n) is 15.7.